The lowest BCUT2D eigenvalue weighted by Crippen LogP contribution is -2.41. The second-order valence-corrected chi connectivity index (χ2v) is 6.76. The Balaban J connectivity index is 1.59. The minimum atomic E-state index is -0.141. The van der Waals surface area contributed by atoms with Crippen LogP contribution in [0.25, 0.3) is 0 Å². The number of hydrogen-bond acceptors (Lipinski definition) is 4. The van der Waals surface area contributed by atoms with Gasteiger partial charge in [-0.1, -0.05) is 42.5 Å². The Hall–Kier alpha value is -3.46. The number of hydrogen-bond donors (Lipinski definition) is 0. The maximum absolute atomic E-state index is 12.9. The zero-order chi connectivity index (χ0) is 18.8. The van der Waals surface area contributed by atoms with Crippen LogP contribution < -0.4 is 0 Å². The summed E-state index contributed by atoms with van der Waals surface area (Å²) in [4.78, 5) is 14.7. The standard InChI is InChI=1S/C21H19N5O/c1-15-13-25(21(27)18-10-6-5-9-17(18)12-22)14-20-24-23-19(26(15)20)11-16-7-3-2-4-8-16/h2-10,15H,11,13-14H2,1H3/t15-/m0/s1. The number of nitrogens with zero attached hydrogens (tertiary/aromatic N) is 5. The fourth-order valence-corrected chi connectivity index (χ4v) is 3.60. The normalized spacial score (nSPS) is 15.9. The highest BCUT2D eigenvalue weighted by Gasteiger charge is 2.30. The van der Waals surface area contributed by atoms with Crippen LogP contribution in [-0.2, 0) is 13.0 Å². The van der Waals surface area contributed by atoms with Gasteiger partial charge in [0, 0.05) is 13.0 Å². The highest BCUT2D eigenvalue weighted by atomic mass is 16.2. The molecule has 0 saturated heterocycles. The predicted octanol–water partition coefficient (Wildman–Crippen LogP) is 2.96. The van der Waals surface area contributed by atoms with Crippen molar-refractivity contribution in [1.82, 2.24) is 19.7 Å². The van der Waals surface area contributed by atoms with E-state index in [0.29, 0.717) is 30.6 Å². The minimum absolute atomic E-state index is 0.0701. The van der Waals surface area contributed by atoms with Crippen LogP contribution in [0.3, 0.4) is 0 Å². The lowest BCUT2D eigenvalue weighted by Gasteiger charge is -2.32. The Morgan fingerprint density at radius 3 is 2.67 bits per heavy atom. The van der Waals surface area contributed by atoms with Gasteiger partial charge in [-0.15, -0.1) is 10.2 Å². The molecule has 0 bridgehead atoms. The molecule has 0 unspecified atom stereocenters. The molecule has 1 aliphatic heterocycles. The van der Waals surface area contributed by atoms with Crippen molar-refractivity contribution in [2.24, 2.45) is 0 Å². The quantitative estimate of drug-likeness (QED) is 0.722. The Morgan fingerprint density at radius 2 is 1.89 bits per heavy atom. The van der Waals surface area contributed by atoms with Crippen molar-refractivity contribution in [3.63, 3.8) is 0 Å². The Labute approximate surface area is 157 Å². The fraction of sp³-hybridized carbons (Fsp3) is 0.238. The van der Waals surface area contributed by atoms with Crippen molar-refractivity contribution in [1.29, 1.82) is 5.26 Å². The molecule has 3 aromatic rings. The van der Waals surface area contributed by atoms with Crippen LogP contribution in [0.5, 0.6) is 0 Å². The highest BCUT2D eigenvalue weighted by molar-refractivity contribution is 5.96. The summed E-state index contributed by atoms with van der Waals surface area (Å²) in [5.74, 6) is 1.55. The summed E-state index contributed by atoms with van der Waals surface area (Å²) in [7, 11) is 0. The molecule has 2 heterocycles. The van der Waals surface area contributed by atoms with Gasteiger partial charge in [0.2, 0.25) is 0 Å². The molecule has 0 spiro atoms. The van der Waals surface area contributed by atoms with E-state index in [2.05, 4.69) is 39.9 Å². The predicted molar refractivity (Wildman–Crippen MR) is 99.9 cm³/mol. The zero-order valence-electron chi connectivity index (χ0n) is 15.0. The molecule has 0 fully saturated rings. The number of rotatable bonds is 3. The number of carbonyl (C=O) groups excluding carboxylic acids is 1. The first-order valence-corrected chi connectivity index (χ1v) is 8.92. The Kier molecular flexibility index (Phi) is 4.43. The summed E-state index contributed by atoms with van der Waals surface area (Å²) in [6, 6.07) is 19.2. The van der Waals surface area contributed by atoms with Crippen LogP contribution >= 0.6 is 0 Å². The van der Waals surface area contributed by atoms with Crippen LogP contribution in [0.1, 0.15) is 46.1 Å². The van der Waals surface area contributed by atoms with Crippen molar-refractivity contribution in [2.75, 3.05) is 6.54 Å². The zero-order valence-corrected chi connectivity index (χ0v) is 15.0. The van der Waals surface area contributed by atoms with E-state index in [1.54, 1.807) is 29.2 Å². The minimum Gasteiger partial charge on any atom is -0.329 e. The summed E-state index contributed by atoms with van der Waals surface area (Å²) < 4.78 is 2.13. The second kappa shape index (κ2) is 7.04. The third-order valence-electron chi connectivity index (χ3n) is 4.86. The molecule has 0 saturated carbocycles. The number of benzene rings is 2. The number of nitriles is 1. The molecular formula is C21H19N5O. The first-order chi connectivity index (χ1) is 13.2. The average molecular weight is 357 g/mol. The lowest BCUT2D eigenvalue weighted by molar-refractivity contribution is 0.0679. The SMILES string of the molecule is C[C@H]1CN(C(=O)c2ccccc2C#N)Cc2nnc(Cc3ccccc3)n21. The highest BCUT2D eigenvalue weighted by Crippen LogP contribution is 2.24. The van der Waals surface area contributed by atoms with E-state index >= 15 is 0 Å². The molecule has 0 aliphatic carbocycles. The molecule has 1 aromatic heterocycles. The first kappa shape index (κ1) is 17.0. The summed E-state index contributed by atoms with van der Waals surface area (Å²) in [6.07, 6.45) is 0.712. The van der Waals surface area contributed by atoms with E-state index in [1.165, 1.54) is 5.56 Å². The summed E-state index contributed by atoms with van der Waals surface area (Å²) in [5.41, 5.74) is 2.01. The third kappa shape index (κ3) is 3.20. The topological polar surface area (TPSA) is 74.8 Å². The molecule has 1 amide bonds. The van der Waals surface area contributed by atoms with E-state index in [9.17, 15) is 10.1 Å². The molecule has 1 aliphatic rings. The van der Waals surface area contributed by atoms with E-state index < -0.39 is 0 Å². The number of carbonyl (C=O) groups is 1. The van der Waals surface area contributed by atoms with Gasteiger partial charge in [-0.3, -0.25) is 4.79 Å². The van der Waals surface area contributed by atoms with Gasteiger partial charge in [0.15, 0.2) is 5.82 Å². The van der Waals surface area contributed by atoms with E-state index in [-0.39, 0.29) is 11.9 Å². The molecule has 1 atom stereocenters. The molecule has 0 N–H and O–H groups in total. The van der Waals surface area contributed by atoms with Crippen LogP contribution in [0.4, 0.5) is 0 Å². The van der Waals surface area contributed by atoms with Crippen molar-refractivity contribution in [2.45, 2.75) is 25.9 Å². The van der Waals surface area contributed by atoms with Crippen LogP contribution in [0, 0.1) is 11.3 Å². The molecule has 27 heavy (non-hydrogen) atoms. The van der Waals surface area contributed by atoms with Gasteiger partial charge >= 0.3 is 0 Å². The van der Waals surface area contributed by atoms with Gasteiger partial charge in [0.1, 0.15) is 5.82 Å². The van der Waals surface area contributed by atoms with Gasteiger partial charge in [0.05, 0.1) is 29.8 Å². The van der Waals surface area contributed by atoms with Gasteiger partial charge in [-0.25, -0.2) is 0 Å². The van der Waals surface area contributed by atoms with Crippen molar-refractivity contribution >= 4 is 5.91 Å². The van der Waals surface area contributed by atoms with Crippen LogP contribution in [-0.4, -0.2) is 32.1 Å². The van der Waals surface area contributed by atoms with Crippen LogP contribution in [0.2, 0.25) is 0 Å². The largest absolute Gasteiger partial charge is 0.329 e. The maximum Gasteiger partial charge on any atom is 0.255 e. The van der Waals surface area contributed by atoms with Crippen molar-refractivity contribution in [3.05, 3.63) is 82.9 Å². The number of amides is 1. The van der Waals surface area contributed by atoms with Gasteiger partial charge in [0.25, 0.3) is 5.91 Å². The molecule has 134 valence electrons. The smallest absolute Gasteiger partial charge is 0.255 e. The van der Waals surface area contributed by atoms with Gasteiger partial charge in [-0.05, 0) is 24.6 Å². The summed E-state index contributed by atoms with van der Waals surface area (Å²) >= 11 is 0. The van der Waals surface area contributed by atoms with Gasteiger partial charge < -0.3 is 9.47 Å². The molecule has 6 heteroatoms. The molecule has 0 radical (unpaired) electrons. The van der Waals surface area contributed by atoms with E-state index in [0.717, 1.165) is 11.6 Å². The summed E-state index contributed by atoms with van der Waals surface area (Å²) in [6.45, 7) is 3.02. The van der Waals surface area contributed by atoms with Crippen LogP contribution in [0.15, 0.2) is 54.6 Å². The number of fused-ring (bicyclic) bond motifs is 1. The molecule has 2 aromatic carbocycles. The van der Waals surface area contributed by atoms with Crippen molar-refractivity contribution in [3.8, 4) is 6.07 Å². The molecule has 4 rings (SSSR count). The Bertz CT molecular complexity index is 1020. The van der Waals surface area contributed by atoms with E-state index in [4.69, 9.17) is 0 Å². The third-order valence-corrected chi connectivity index (χ3v) is 4.86. The van der Waals surface area contributed by atoms with Crippen molar-refractivity contribution < 1.29 is 4.79 Å². The Morgan fingerprint density at radius 1 is 1.15 bits per heavy atom. The maximum atomic E-state index is 12.9. The molecule has 6 nitrogen and oxygen atoms in total. The van der Waals surface area contributed by atoms with Gasteiger partial charge in [-0.2, -0.15) is 5.26 Å². The summed E-state index contributed by atoms with van der Waals surface area (Å²) in [5, 5.41) is 18.0. The lowest BCUT2D eigenvalue weighted by atomic mass is 10.1. The molecular weight excluding hydrogens is 338 g/mol. The second-order valence-electron chi connectivity index (χ2n) is 6.76. The first-order valence-electron chi connectivity index (χ1n) is 8.92. The fourth-order valence-electron chi connectivity index (χ4n) is 3.60. The average Bonchev–Trinajstić information content (AvgIpc) is 3.11. The van der Waals surface area contributed by atoms with E-state index in [1.807, 2.05) is 18.2 Å². The monoisotopic (exact) mass is 357 g/mol. The number of aromatic nitrogens is 3.